The third kappa shape index (κ3) is 1.54. The summed E-state index contributed by atoms with van der Waals surface area (Å²) in [7, 11) is 6.08. The van der Waals surface area contributed by atoms with Crippen LogP contribution in [-0.2, 0) is 4.79 Å². The van der Waals surface area contributed by atoms with Crippen molar-refractivity contribution in [1.82, 2.24) is 0 Å². The molecule has 1 aliphatic heterocycles. The Bertz CT molecular complexity index is 278. The van der Waals surface area contributed by atoms with E-state index in [1.165, 1.54) is 0 Å². The van der Waals surface area contributed by atoms with Crippen LogP contribution in [-0.4, -0.2) is 44.3 Å². The molecule has 0 bridgehead atoms. The van der Waals surface area contributed by atoms with Gasteiger partial charge in [-0.3, -0.25) is 0 Å². The van der Waals surface area contributed by atoms with Crippen LogP contribution in [0.2, 0.25) is 0 Å². The van der Waals surface area contributed by atoms with E-state index in [1.807, 2.05) is 33.2 Å². The number of hydrogen-bond acceptors (Lipinski definition) is 2. The average molecular weight is 179 g/mol. The van der Waals surface area contributed by atoms with Crippen LogP contribution in [0.1, 0.15) is 0 Å². The number of aliphatic carboxylic acids is 1. The molecular weight excluding hydrogens is 165 g/mol. The van der Waals surface area contributed by atoms with Crippen LogP contribution in [0.3, 0.4) is 0 Å². The highest BCUT2D eigenvalue weighted by atomic mass is 16.4. The van der Waals surface area contributed by atoms with Crippen molar-refractivity contribution in [2.75, 3.05) is 21.1 Å². The van der Waals surface area contributed by atoms with Crippen LogP contribution in [0.15, 0.2) is 24.2 Å². The first-order valence-electron chi connectivity index (χ1n) is 4.27. The Balaban J connectivity index is 3.10. The molecule has 13 heavy (non-hydrogen) atoms. The van der Waals surface area contributed by atoms with Gasteiger partial charge in [-0.1, -0.05) is 12.2 Å². The third-order valence-electron chi connectivity index (χ3n) is 2.60. The molecule has 0 N–H and O–H groups in total. The molecule has 1 unspecified atom stereocenters. The van der Waals surface area contributed by atoms with E-state index >= 15 is 0 Å². The number of carbonyl (C=O) groups excluding carboxylic acids is 1. The maximum absolute atomic E-state index is 11.1. The van der Waals surface area contributed by atoms with E-state index in [-0.39, 0.29) is 0 Å². The van der Waals surface area contributed by atoms with E-state index in [1.54, 1.807) is 12.2 Å². The van der Waals surface area contributed by atoms with Crippen LogP contribution in [0.5, 0.6) is 0 Å². The van der Waals surface area contributed by atoms with Crippen LogP contribution >= 0.6 is 0 Å². The standard InChI is InChI=1S/C9H14BNO2/c1-11(2,3)9(8(12)13)6-4-5-7-10-9/h4-7,10H,1-3H3. The van der Waals surface area contributed by atoms with Crippen molar-refractivity contribution >= 4 is 13.2 Å². The minimum Gasteiger partial charge on any atom is -0.544 e. The van der Waals surface area contributed by atoms with Crippen molar-refractivity contribution in [2.45, 2.75) is 5.44 Å². The molecule has 0 saturated heterocycles. The summed E-state index contributed by atoms with van der Waals surface area (Å²) in [6, 6.07) is 0. The van der Waals surface area contributed by atoms with E-state index in [0.717, 1.165) is 0 Å². The molecular formula is C9H14BNO2. The Hall–Kier alpha value is -1.03. The zero-order valence-electron chi connectivity index (χ0n) is 8.28. The lowest BCUT2D eigenvalue weighted by Crippen LogP contribution is -2.68. The molecule has 0 aromatic carbocycles. The van der Waals surface area contributed by atoms with Gasteiger partial charge in [-0.25, -0.2) is 0 Å². The number of carboxylic acids is 1. The highest BCUT2D eigenvalue weighted by Crippen LogP contribution is 2.21. The summed E-state index contributed by atoms with van der Waals surface area (Å²) in [6.07, 6.45) is 5.34. The molecule has 3 nitrogen and oxygen atoms in total. The molecule has 0 spiro atoms. The molecule has 1 rings (SSSR count). The maximum Gasteiger partial charge on any atom is 0.238 e. The fourth-order valence-electron chi connectivity index (χ4n) is 1.53. The zero-order chi connectivity index (χ0) is 10.1. The van der Waals surface area contributed by atoms with Crippen molar-refractivity contribution in [3.05, 3.63) is 24.2 Å². The lowest BCUT2D eigenvalue weighted by Gasteiger charge is -2.45. The van der Waals surface area contributed by atoms with E-state index in [0.29, 0.717) is 11.8 Å². The van der Waals surface area contributed by atoms with Gasteiger partial charge in [0.25, 0.3) is 0 Å². The summed E-state index contributed by atoms with van der Waals surface area (Å²) in [6.45, 7) is 0. The predicted octanol–water partition coefficient (Wildman–Crippen LogP) is -1.34. The molecule has 0 aliphatic carbocycles. The Morgan fingerprint density at radius 3 is 2.23 bits per heavy atom. The molecule has 0 fully saturated rings. The molecule has 70 valence electrons. The van der Waals surface area contributed by atoms with E-state index in [9.17, 15) is 9.90 Å². The van der Waals surface area contributed by atoms with Gasteiger partial charge in [0.05, 0.1) is 27.1 Å². The quantitative estimate of drug-likeness (QED) is 0.388. The van der Waals surface area contributed by atoms with Gasteiger partial charge in [0, 0.05) is 0 Å². The Kier molecular flexibility index (Phi) is 2.35. The fraction of sp³-hybridized carbons (Fsp3) is 0.444. The number of likely N-dealkylation sites (N-methyl/N-ethyl adjacent to an activating group) is 1. The van der Waals surface area contributed by atoms with Gasteiger partial charge >= 0.3 is 0 Å². The van der Waals surface area contributed by atoms with Gasteiger partial charge in [0.15, 0.2) is 0 Å². The highest BCUT2D eigenvalue weighted by molar-refractivity contribution is 6.52. The summed E-state index contributed by atoms with van der Waals surface area (Å²) in [5.74, 6) is 0.847. The largest absolute Gasteiger partial charge is 0.544 e. The van der Waals surface area contributed by atoms with E-state index in [2.05, 4.69) is 0 Å². The summed E-state index contributed by atoms with van der Waals surface area (Å²) >= 11 is 0. The third-order valence-corrected chi connectivity index (χ3v) is 2.60. The maximum atomic E-state index is 11.1. The number of carbonyl (C=O) groups is 1. The first kappa shape index (κ1) is 10.1. The van der Waals surface area contributed by atoms with Crippen LogP contribution in [0.4, 0.5) is 0 Å². The van der Waals surface area contributed by atoms with Gasteiger partial charge in [0.2, 0.25) is 7.28 Å². The minimum absolute atomic E-state index is 0.343. The fourth-order valence-corrected chi connectivity index (χ4v) is 1.53. The van der Waals surface area contributed by atoms with Crippen LogP contribution in [0, 0.1) is 0 Å². The Labute approximate surface area is 79.2 Å². The lowest BCUT2D eigenvalue weighted by molar-refractivity contribution is -0.894. The van der Waals surface area contributed by atoms with Gasteiger partial charge in [-0.05, 0) is 6.08 Å². The first-order valence-corrected chi connectivity index (χ1v) is 4.27. The predicted molar refractivity (Wildman–Crippen MR) is 51.2 cm³/mol. The smallest absolute Gasteiger partial charge is 0.238 e. The van der Waals surface area contributed by atoms with Crippen molar-refractivity contribution in [2.24, 2.45) is 0 Å². The molecule has 4 heteroatoms. The molecule has 1 heterocycles. The molecule has 0 saturated carbocycles. The number of quaternary nitrogens is 1. The lowest BCUT2D eigenvalue weighted by atomic mass is 9.54. The molecule has 1 aliphatic rings. The Morgan fingerprint density at radius 2 is 2.00 bits per heavy atom. The second-order valence-corrected chi connectivity index (χ2v) is 4.22. The molecule has 0 radical (unpaired) electrons. The first-order chi connectivity index (χ1) is 5.90. The second-order valence-electron chi connectivity index (χ2n) is 4.22. The molecule has 0 amide bonds. The number of nitrogens with zero attached hydrogens (tertiary/aromatic N) is 1. The van der Waals surface area contributed by atoms with Gasteiger partial charge in [-0.15, -0.1) is 5.98 Å². The average Bonchev–Trinajstić information content (AvgIpc) is 2.03. The molecule has 0 aromatic rings. The second kappa shape index (κ2) is 3.03. The van der Waals surface area contributed by atoms with E-state index < -0.39 is 11.4 Å². The topological polar surface area (TPSA) is 40.1 Å². The normalized spacial score (nSPS) is 27.0. The number of allylic oxidation sites excluding steroid dienone is 2. The van der Waals surface area contributed by atoms with Crippen LogP contribution < -0.4 is 5.11 Å². The Morgan fingerprint density at radius 1 is 1.38 bits per heavy atom. The summed E-state index contributed by atoms with van der Waals surface area (Å²) in [4.78, 5) is 11.1. The van der Waals surface area contributed by atoms with Crippen molar-refractivity contribution < 1.29 is 14.4 Å². The van der Waals surface area contributed by atoms with Gasteiger partial charge < -0.3 is 14.4 Å². The van der Waals surface area contributed by atoms with Gasteiger partial charge in [0.1, 0.15) is 5.44 Å². The molecule has 1 atom stereocenters. The summed E-state index contributed by atoms with van der Waals surface area (Å²) in [5.41, 5.74) is -0.908. The minimum atomic E-state index is -1.01. The monoisotopic (exact) mass is 179 g/mol. The number of hydrogen-bond donors (Lipinski definition) is 0. The van der Waals surface area contributed by atoms with E-state index in [4.69, 9.17) is 0 Å². The van der Waals surface area contributed by atoms with Crippen molar-refractivity contribution in [3.63, 3.8) is 0 Å². The summed E-state index contributed by atoms with van der Waals surface area (Å²) < 4.78 is 0.343. The zero-order valence-corrected chi connectivity index (χ0v) is 8.28. The van der Waals surface area contributed by atoms with Gasteiger partial charge in [-0.2, -0.15) is 0 Å². The number of rotatable bonds is 2. The van der Waals surface area contributed by atoms with Crippen LogP contribution in [0.25, 0.3) is 0 Å². The number of carboxylic acid groups (broad SMARTS) is 1. The SMILES string of the molecule is C[N+](C)(C)C1(C(=O)[O-])BC=CC=C1. The molecule has 0 aromatic heterocycles. The van der Waals surface area contributed by atoms with Crippen molar-refractivity contribution in [1.29, 1.82) is 0 Å². The summed E-state index contributed by atoms with van der Waals surface area (Å²) in [5, 5.41) is 11.1. The highest BCUT2D eigenvalue weighted by Gasteiger charge is 2.42. The van der Waals surface area contributed by atoms with Crippen molar-refractivity contribution in [3.8, 4) is 0 Å².